The van der Waals surface area contributed by atoms with Gasteiger partial charge in [-0.3, -0.25) is 0 Å². The van der Waals surface area contributed by atoms with Crippen molar-refractivity contribution in [2.45, 2.75) is 212 Å². The Bertz CT molecular complexity index is 819. The third-order valence-corrected chi connectivity index (χ3v) is 9.87. The Labute approximate surface area is 287 Å². The summed E-state index contributed by atoms with van der Waals surface area (Å²) in [5.74, 6) is 0.436. The number of rotatable bonds is 30. The average Bonchev–Trinajstić information content (AvgIpc) is 3.56. The molecule has 2 heteroatoms. The largest absolute Gasteiger partial charge is 0.344 e. The fraction of sp³-hybridized carbons (Fsp3) is 0.773. The molecule has 1 saturated carbocycles. The number of hydrogen-bond acceptors (Lipinski definition) is 2. The lowest BCUT2D eigenvalue weighted by Gasteiger charge is -2.30. The molecule has 0 aromatic carbocycles. The second-order valence-corrected chi connectivity index (χ2v) is 14.5. The van der Waals surface area contributed by atoms with Crippen LogP contribution in [0.1, 0.15) is 194 Å². The van der Waals surface area contributed by atoms with Crippen LogP contribution in [-0.2, 0) is 9.47 Å². The molecule has 2 rings (SSSR count). The second kappa shape index (κ2) is 28.6. The molecule has 46 heavy (non-hydrogen) atoms. The van der Waals surface area contributed by atoms with Crippen molar-refractivity contribution < 1.29 is 9.47 Å². The monoisotopic (exact) mass is 637 g/mol. The van der Waals surface area contributed by atoms with Crippen molar-refractivity contribution in [2.24, 2.45) is 5.92 Å². The summed E-state index contributed by atoms with van der Waals surface area (Å²) in [5.41, 5.74) is 0. The molecule has 0 spiro atoms. The third-order valence-electron chi connectivity index (χ3n) is 9.87. The highest BCUT2D eigenvalue weighted by atomic mass is 16.8. The molecule has 0 N–H and O–H groups in total. The standard InChI is InChI=1S/C44H76O2/c1-4-6-8-10-12-14-16-18-20-22-24-26-28-30-32-34-36-38-44(45-42-39-41(3)40-43(42)46-44)37-35-33-31-29-27-25-23-21-19-17-15-13-11-9-7-5-2/h14-17,20-23,27,29,41-43H,4-13,18-19,24-26,28,30-40H2,1-3H3/b16-14-,17-15-,22-20-,23-21-,29-27-/t41-,42-,43+,44?. The number of hydrogen-bond donors (Lipinski definition) is 0. The molecule has 0 bridgehead atoms. The van der Waals surface area contributed by atoms with Gasteiger partial charge in [0.05, 0.1) is 12.2 Å². The Kier molecular flexibility index (Phi) is 25.4. The first kappa shape index (κ1) is 40.8. The van der Waals surface area contributed by atoms with Crippen LogP contribution in [0.4, 0.5) is 0 Å². The first-order valence-electron chi connectivity index (χ1n) is 20.3. The molecule has 0 radical (unpaired) electrons. The summed E-state index contributed by atoms with van der Waals surface area (Å²) < 4.78 is 13.5. The maximum atomic E-state index is 6.73. The normalized spacial score (nSPS) is 23.5. The van der Waals surface area contributed by atoms with Crippen LogP contribution in [0.25, 0.3) is 0 Å². The Morgan fingerprint density at radius 3 is 1.20 bits per heavy atom. The molecule has 2 fully saturated rings. The Morgan fingerprint density at radius 2 is 0.761 bits per heavy atom. The van der Waals surface area contributed by atoms with Gasteiger partial charge in [-0.1, -0.05) is 146 Å². The minimum Gasteiger partial charge on any atom is -0.344 e. The lowest BCUT2D eigenvalue weighted by molar-refractivity contribution is -0.192. The van der Waals surface area contributed by atoms with E-state index >= 15 is 0 Å². The summed E-state index contributed by atoms with van der Waals surface area (Å²) in [7, 11) is 0. The van der Waals surface area contributed by atoms with E-state index in [9.17, 15) is 0 Å². The van der Waals surface area contributed by atoms with Gasteiger partial charge in [0.2, 0.25) is 0 Å². The zero-order valence-corrected chi connectivity index (χ0v) is 30.9. The van der Waals surface area contributed by atoms with Crippen molar-refractivity contribution in [1.82, 2.24) is 0 Å². The highest BCUT2D eigenvalue weighted by Crippen LogP contribution is 2.45. The zero-order chi connectivity index (χ0) is 32.8. The van der Waals surface area contributed by atoms with Crippen LogP contribution in [-0.4, -0.2) is 18.0 Å². The predicted octanol–water partition coefficient (Wildman–Crippen LogP) is 14.5. The molecule has 1 saturated heterocycles. The van der Waals surface area contributed by atoms with E-state index in [1.54, 1.807) is 0 Å². The Hall–Kier alpha value is -1.38. The van der Waals surface area contributed by atoms with Crippen molar-refractivity contribution in [2.75, 3.05) is 0 Å². The van der Waals surface area contributed by atoms with Gasteiger partial charge in [0, 0.05) is 12.8 Å². The first-order valence-corrected chi connectivity index (χ1v) is 20.3. The fourth-order valence-electron chi connectivity index (χ4n) is 7.06. The molecule has 264 valence electrons. The van der Waals surface area contributed by atoms with Crippen LogP contribution in [0.3, 0.4) is 0 Å². The van der Waals surface area contributed by atoms with Gasteiger partial charge in [-0.25, -0.2) is 0 Å². The average molecular weight is 637 g/mol. The number of fused-ring (bicyclic) bond motifs is 1. The predicted molar refractivity (Wildman–Crippen MR) is 203 cm³/mol. The van der Waals surface area contributed by atoms with Crippen LogP contribution in [0, 0.1) is 5.92 Å². The number of ether oxygens (including phenoxy) is 2. The molecule has 1 unspecified atom stereocenters. The van der Waals surface area contributed by atoms with Crippen molar-refractivity contribution >= 4 is 0 Å². The van der Waals surface area contributed by atoms with Crippen molar-refractivity contribution in [3.8, 4) is 0 Å². The van der Waals surface area contributed by atoms with Crippen molar-refractivity contribution in [1.29, 1.82) is 0 Å². The first-order chi connectivity index (χ1) is 22.7. The smallest absolute Gasteiger partial charge is 0.169 e. The Morgan fingerprint density at radius 1 is 0.435 bits per heavy atom. The van der Waals surface area contributed by atoms with E-state index in [1.165, 1.54) is 135 Å². The third kappa shape index (κ3) is 20.8. The SMILES string of the molecule is CCCCCC/C=C\C/C=C\C/C=C\CCCCC1(CCCCCCCC/C=C\C/C=C\CCCCCC)O[C@H]2C[C@H](C)C[C@H]2O1. The molecule has 2 nitrogen and oxygen atoms in total. The molecule has 1 heterocycles. The fourth-order valence-corrected chi connectivity index (χ4v) is 7.06. The van der Waals surface area contributed by atoms with Crippen molar-refractivity contribution in [3.63, 3.8) is 0 Å². The summed E-state index contributed by atoms with van der Waals surface area (Å²) >= 11 is 0. The lowest BCUT2D eigenvalue weighted by Crippen LogP contribution is -2.32. The molecule has 2 aliphatic rings. The Balaban J connectivity index is 1.52. The van der Waals surface area contributed by atoms with Crippen LogP contribution in [0.2, 0.25) is 0 Å². The minimum atomic E-state index is -0.305. The topological polar surface area (TPSA) is 18.5 Å². The zero-order valence-electron chi connectivity index (χ0n) is 30.9. The van der Waals surface area contributed by atoms with Crippen LogP contribution < -0.4 is 0 Å². The van der Waals surface area contributed by atoms with E-state index in [1.807, 2.05) is 0 Å². The van der Waals surface area contributed by atoms with Crippen molar-refractivity contribution in [3.05, 3.63) is 60.8 Å². The van der Waals surface area contributed by atoms with Crippen LogP contribution in [0.15, 0.2) is 60.8 Å². The molecule has 0 aromatic heterocycles. The summed E-state index contributed by atoms with van der Waals surface area (Å²) in [5, 5.41) is 0. The highest BCUT2D eigenvalue weighted by molar-refractivity contribution is 4.98. The van der Waals surface area contributed by atoms with E-state index in [2.05, 4.69) is 81.5 Å². The summed E-state index contributed by atoms with van der Waals surface area (Å²) in [6.45, 7) is 6.90. The second-order valence-electron chi connectivity index (χ2n) is 14.5. The quantitative estimate of drug-likeness (QED) is 0.0577. The van der Waals surface area contributed by atoms with E-state index < -0.39 is 0 Å². The highest BCUT2D eigenvalue weighted by Gasteiger charge is 2.50. The van der Waals surface area contributed by atoms with Gasteiger partial charge in [-0.05, 0) is 102 Å². The molecule has 1 aliphatic carbocycles. The molecule has 0 aromatic rings. The lowest BCUT2D eigenvalue weighted by atomic mass is 9.99. The van der Waals surface area contributed by atoms with E-state index in [0.717, 1.165) is 44.4 Å². The summed E-state index contributed by atoms with van der Waals surface area (Å²) in [6, 6.07) is 0. The molecular weight excluding hydrogens is 560 g/mol. The number of unbranched alkanes of at least 4 members (excludes halogenated alkanes) is 16. The van der Waals surface area contributed by atoms with Gasteiger partial charge in [0.15, 0.2) is 5.79 Å². The van der Waals surface area contributed by atoms with E-state index in [4.69, 9.17) is 9.47 Å². The maximum Gasteiger partial charge on any atom is 0.169 e. The van der Waals surface area contributed by atoms with Crippen LogP contribution >= 0.6 is 0 Å². The minimum absolute atomic E-state index is 0.305. The van der Waals surface area contributed by atoms with Gasteiger partial charge in [-0.15, -0.1) is 0 Å². The molecule has 0 amide bonds. The molecular formula is C44H76O2. The van der Waals surface area contributed by atoms with Gasteiger partial charge < -0.3 is 9.47 Å². The molecule has 4 atom stereocenters. The van der Waals surface area contributed by atoms with Gasteiger partial charge in [0.1, 0.15) is 0 Å². The molecule has 1 aliphatic heterocycles. The summed E-state index contributed by atoms with van der Waals surface area (Å²) in [4.78, 5) is 0. The van der Waals surface area contributed by atoms with E-state index in [-0.39, 0.29) is 5.79 Å². The maximum absolute atomic E-state index is 6.73. The van der Waals surface area contributed by atoms with Crippen LogP contribution in [0.5, 0.6) is 0 Å². The van der Waals surface area contributed by atoms with Gasteiger partial charge in [-0.2, -0.15) is 0 Å². The number of allylic oxidation sites excluding steroid dienone is 10. The van der Waals surface area contributed by atoms with E-state index in [0.29, 0.717) is 12.2 Å². The van der Waals surface area contributed by atoms with Gasteiger partial charge >= 0.3 is 0 Å². The summed E-state index contributed by atoms with van der Waals surface area (Å²) in [6.07, 6.45) is 58.0. The van der Waals surface area contributed by atoms with Gasteiger partial charge in [0.25, 0.3) is 0 Å².